The summed E-state index contributed by atoms with van der Waals surface area (Å²) < 4.78 is 5.15. The predicted molar refractivity (Wildman–Crippen MR) is 108 cm³/mol. The third-order valence-electron chi connectivity index (χ3n) is 4.95. The Morgan fingerprint density at radius 1 is 0.893 bits per heavy atom. The van der Waals surface area contributed by atoms with Crippen molar-refractivity contribution in [2.75, 3.05) is 13.1 Å². The van der Waals surface area contributed by atoms with Crippen molar-refractivity contribution in [1.29, 1.82) is 0 Å². The van der Waals surface area contributed by atoms with Crippen molar-refractivity contribution >= 4 is 12.0 Å². The van der Waals surface area contributed by atoms with Crippen LogP contribution >= 0.6 is 0 Å². The molecule has 3 rings (SSSR count). The van der Waals surface area contributed by atoms with Crippen molar-refractivity contribution in [3.63, 3.8) is 0 Å². The molecule has 0 unspecified atom stereocenters. The van der Waals surface area contributed by atoms with Gasteiger partial charge in [0.15, 0.2) is 0 Å². The van der Waals surface area contributed by atoms with Crippen molar-refractivity contribution in [3.8, 4) is 0 Å². The molecule has 0 fully saturated rings. The molecule has 0 saturated heterocycles. The highest BCUT2D eigenvalue weighted by molar-refractivity contribution is 5.87. The minimum atomic E-state index is -0.858. The monoisotopic (exact) mass is 381 g/mol. The van der Waals surface area contributed by atoms with E-state index in [0.717, 1.165) is 29.5 Å². The van der Waals surface area contributed by atoms with Crippen LogP contribution in [0.4, 0.5) is 4.79 Å². The van der Waals surface area contributed by atoms with Gasteiger partial charge in [0.25, 0.3) is 0 Å². The minimum absolute atomic E-state index is 0.112. The first-order chi connectivity index (χ1) is 13.6. The molecule has 0 atom stereocenters. The second-order valence-corrected chi connectivity index (χ2v) is 7.23. The number of alkyl carbamates (subject to hydrolysis) is 1. The lowest BCUT2D eigenvalue weighted by atomic mass is 9.96. The van der Waals surface area contributed by atoms with Crippen molar-refractivity contribution in [2.45, 2.75) is 37.8 Å². The van der Waals surface area contributed by atoms with Gasteiger partial charge in [-0.25, -0.2) is 4.79 Å². The van der Waals surface area contributed by atoms with E-state index in [-0.39, 0.29) is 12.5 Å². The van der Waals surface area contributed by atoms with Crippen LogP contribution in [0.25, 0.3) is 0 Å². The first kappa shape index (κ1) is 19.9. The predicted octanol–water partition coefficient (Wildman–Crippen LogP) is 2.31. The molecule has 2 aromatic carbocycles. The Hall–Kier alpha value is -2.86. The van der Waals surface area contributed by atoms with Crippen molar-refractivity contribution < 1.29 is 14.3 Å². The van der Waals surface area contributed by atoms with Crippen LogP contribution in [0, 0.1) is 0 Å². The van der Waals surface area contributed by atoms with Gasteiger partial charge in [0, 0.05) is 13.1 Å². The highest BCUT2D eigenvalue weighted by Crippen LogP contribution is 2.28. The van der Waals surface area contributed by atoms with Crippen molar-refractivity contribution in [1.82, 2.24) is 10.6 Å². The lowest BCUT2D eigenvalue weighted by Crippen LogP contribution is -2.55. The zero-order chi connectivity index (χ0) is 19.8. The average molecular weight is 381 g/mol. The number of benzene rings is 2. The normalized spacial score (nSPS) is 14.2. The smallest absolute Gasteiger partial charge is 0.407 e. The summed E-state index contributed by atoms with van der Waals surface area (Å²) in [5.41, 5.74) is 8.72. The second-order valence-electron chi connectivity index (χ2n) is 7.23. The summed E-state index contributed by atoms with van der Waals surface area (Å²) in [5.74, 6) is -0.112. The summed E-state index contributed by atoms with van der Waals surface area (Å²) >= 11 is 0. The van der Waals surface area contributed by atoms with Crippen molar-refractivity contribution in [3.05, 3.63) is 71.3 Å². The van der Waals surface area contributed by atoms with Gasteiger partial charge in [-0.15, -0.1) is 0 Å². The van der Waals surface area contributed by atoms with Gasteiger partial charge in [-0.3, -0.25) is 4.79 Å². The second kappa shape index (κ2) is 9.37. The Bertz CT molecular complexity index is 783. The Morgan fingerprint density at radius 2 is 1.46 bits per heavy atom. The van der Waals surface area contributed by atoms with Crippen LogP contribution in [-0.4, -0.2) is 30.6 Å². The molecule has 1 aliphatic carbocycles. The average Bonchev–Trinajstić information content (AvgIpc) is 3.07. The molecule has 0 heterocycles. The Balaban J connectivity index is 1.27. The number of hydrogen-bond acceptors (Lipinski definition) is 4. The molecule has 1 aliphatic rings. The van der Waals surface area contributed by atoms with Gasteiger partial charge in [-0.2, -0.15) is 0 Å². The Morgan fingerprint density at radius 3 is 2.11 bits per heavy atom. The van der Waals surface area contributed by atoms with Crippen LogP contribution in [0.3, 0.4) is 0 Å². The first-order valence-corrected chi connectivity index (χ1v) is 9.65. The molecular formula is C22H27N3O3. The van der Waals surface area contributed by atoms with Crippen LogP contribution in [-0.2, 0) is 29.0 Å². The van der Waals surface area contributed by atoms with E-state index in [1.54, 1.807) is 0 Å². The van der Waals surface area contributed by atoms with Gasteiger partial charge in [-0.1, -0.05) is 54.6 Å². The first-order valence-electron chi connectivity index (χ1n) is 9.65. The van der Waals surface area contributed by atoms with Crippen LogP contribution in [0.15, 0.2) is 54.6 Å². The summed E-state index contributed by atoms with van der Waals surface area (Å²) in [5, 5.41) is 5.64. The minimum Gasteiger partial charge on any atom is -0.445 e. The van der Waals surface area contributed by atoms with Gasteiger partial charge in [0.05, 0.1) is 0 Å². The van der Waals surface area contributed by atoms with Gasteiger partial charge in [0.1, 0.15) is 12.1 Å². The van der Waals surface area contributed by atoms with E-state index in [2.05, 4.69) is 10.6 Å². The number of fused-ring (bicyclic) bond motifs is 1. The topological polar surface area (TPSA) is 93.5 Å². The number of nitrogens with two attached hydrogens (primary N) is 1. The van der Waals surface area contributed by atoms with Gasteiger partial charge < -0.3 is 21.1 Å². The highest BCUT2D eigenvalue weighted by atomic mass is 16.5. The number of nitrogens with one attached hydrogen (secondary N) is 2. The van der Waals surface area contributed by atoms with Crippen LogP contribution in [0.1, 0.15) is 29.5 Å². The summed E-state index contributed by atoms with van der Waals surface area (Å²) in [6.45, 7) is 1.29. The summed E-state index contributed by atoms with van der Waals surface area (Å²) in [4.78, 5) is 24.1. The van der Waals surface area contributed by atoms with Gasteiger partial charge in [-0.05, 0) is 42.4 Å². The number of ether oxygens (including phenoxy) is 1. The number of amides is 2. The van der Waals surface area contributed by atoms with E-state index >= 15 is 0 Å². The highest BCUT2D eigenvalue weighted by Gasteiger charge is 2.39. The van der Waals surface area contributed by atoms with Crippen molar-refractivity contribution in [2.24, 2.45) is 5.73 Å². The fraction of sp³-hybridized carbons (Fsp3) is 0.364. The summed E-state index contributed by atoms with van der Waals surface area (Å²) in [7, 11) is 0. The molecule has 4 N–H and O–H groups in total. The van der Waals surface area contributed by atoms with Crippen LogP contribution in [0.5, 0.6) is 0 Å². The lowest BCUT2D eigenvalue weighted by Gasteiger charge is -2.22. The quantitative estimate of drug-likeness (QED) is 0.612. The molecule has 2 aromatic rings. The number of rotatable bonds is 8. The summed E-state index contributed by atoms with van der Waals surface area (Å²) in [6.07, 6.45) is 2.22. The third-order valence-corrected chi connectivity index (χ3v) is 4.95. The van der Waals surface area contributed by atoms with Crippen LogP contribution < -0.4 is 16.4 Å². The molecule has 0 bridgehead atoms. The lowest BCUT2D eigenvalue weighted by molar-refractivity contribution is -0.126. The molecule has 0 aliphatic heterocycles. The van der Waals surface area contributed by atoms with E-state index in [1.807, 2.05) is 54.6 Å². The van der Waals surface area contributed by atoms with E-state index in [1.165, 1.54) is 0 Å². The number of hydrogen-bond donors (Lipinski definition) is 3. The molecule has 0 aromatic heterocycles. The Kier molecular flexibility index (Phi) is 6.66. The summed E-state index contributed by atoms with van der Waals surface area (Å²) in [6, 6.07) is 17.5. The van der Waals surface area contributed by atoms with Gasteiger partial charge >= 0.3 is 6.09 Å². The van der Waals surface area contributed by atoms with E-state index in [4.69, 9.17) is 10.5 Å². The largest absolute Gasteiger partial charge is 0.445 e. The maximum atomic E-state index is 12.5. The molecule has 6 nitrogen and oxygen atoms in total. The number of carbonyl (C=O) groups is 2. The fourth-order valence-corrected chi connectivity index (χ4v) is 3.40. The molecule has 28 heavy (non-hydrogen) atoms. The molecule has 2 amide bonds. The fourth-order valence-electron chi connectivity index (χ4n) is 3.40. The molecular weight excluding hydrogens is 354 g/mol. The Labute approximate surface area is 165 Å². The van der Waals surface area contributed by atoms with E-state index < -0.39 is 11.6 Å². The zero-order valence-electron chi connectivity index (χ0n) is 15.9. The number of unbranched alkanes of at least 4 members (excludes halogenated alkanes) is 1. The standard InChI is InChI=1S/C22H27N3O3/c23-22(14-18-10-4-5-11-19(18)15-22)20(26)24-12-6-7-13-25-21(27)28-16-17-8-2-1-3-9-17/h1-5,8-11H,6-7,12-16,23H2,(H,24,26)(H,25,27). The SMILES string of the molecule is NC1(C(=O)NCCCCNC(=O)OCc2ccccc2)Cc2ccccc2C1. The third kappa shape index (κ3) is 5.33. The molecule has 0 spiro atoms. The molecule has 148 valence electrons. The van der Waals surface area contributed by atoms with E-state index in [0.29, 0.717) is 25.9 Å². The van der Waals surface area contributed by atoms with Crippen LogP contribution in [0.2, 0.25) is 0 Å². The molecule has 0 radical (unpaired) electrons. The maximum absolute atomic E-state index is 12.5. The molecule has 0 saturated carbocycles. The molecule has 6 heteroatoms. The number of carbonyl (C=O) groups excluding carboxylic acids is 2. The maximum Gasteiger partial charge on any atom is 0.407 e. The van der Waals surface area contributed by atoms with Gasteiger partial charge in [0.2, 0.25) is 5.91 Å². The van der Waals surface area contributed by atoms with E-state index in [9.17, 15) is 9.59 Å². The zero-order valence-corrected chi connectivity index (χ0v) is 15.9.